The zero-order chi connectivity index (χ0) is 14.1. The Kier molecular flexibility index (Phi) is 4.06. The van der Waals surface area contributed by atoms with Crippen molar-refractivity contribution >= 4 is 17.2 Å². The largest absolute Gasteiger partial charge is 0.389 e. The first-order chi connectivity index (χ1) is 9.63. The Morgan fingerprint density at radius 1 is 1.20 bits per heavy atom. The van der Waals surface area contributed by atoms with Gasteiger partial charge >= 0.3 is 0 Å². The highest BCUT2D eigenvalue weighted by Gasteiger charge is 2.34. The Labute approximate surface area is 126 Å². The van der Waals surface area contributed by atoms with Gasteiger partial charge in [-0.15, -0.1) is 0 Å². The molecule has 108 valence electrons. The minimum Gasteiger partial charge on any atom is -0.389 e. The third-order valence-corrected chi connectivity index (χ3v) is 5.11. The van der Waals surface area contributed by atoms with Crippen LogP contribution >= 0.6 is 12.2 Å². The predicted octanol–water partition coefficient (Wildman–Crippen LogP) is 1.99. The number of likely N-dealkylation sites (N-methyl/N-ethyl adjacent to an activating group) is 1. The van der Waals surface area contributed by atoms with Gasteiger partial charge in [0, 0.05) is 37.3 Å². The second kappa shape index (κ2) is 5.80. The van der Waals surface area contributed by atoms with E-state index < -0.39 is 0 Å². The third kappa shape index (κ3) is 2.87. The molecule has 2 atom stereocenters. The lowest BCUT2D eigenvalue weighted by Gasteiger charge is -2.25. The van der Waals surface area contributed by atoms with Crippen LogP contribution in [-0.2, 0) is 6.54 Å². The first-order valence-electron chi connectivity index (χ1n) is 7.46. The Morgan fingerprint density at radius 2 is 1.90 bits per heavy atom. The van der Waals surface area contributed by atoms with Crippen molar-refractivity contribution in [2.24, 2.45) is 5.73 Å². The van der Waals surface area contributed by atoms with Crippen molar-refractivity contribution in [3.05, 3.63) is 35.4 Å². The van der Waals surface area contributed by atoms with Crippen LogP contribution in [0.15, 0.2) is 24.3 Å². The molecule has 2 fully saturated rings. The molecule has 0 radical (unpaired) electrons. The predicted molar refractivity (Wildman–Crippen MR) is 86.8 cm³/mol. The van der Waals surface area contributed by atoms with Crippen molar-refractivity contribution in [1.29, 1.82) is 0 Å². The van der Waals surface area contributed by atoms with Crippen molar-refractivity contribution < 1.29 is 0 Å². The van der Waals surface area contributed by atoms with E-state index in [0.29, 0.717) is 4.99 Å². The molecule has 0 saturated carbocycles. The van der Waals surface area contributed by atoms with Crippen LogP contribution in [0.2, 0.25) is 0 Å². The standard InChI is InChI=1S/C16H23N3S/c1-18-14-6-7-15(18)11-19(9-8-14)10-12-2-4-13(5-3-12)16(17)20/h2-5,14-15H,6-11H2,1H3,(H2,17,20). The van der Waals surface area contributed by atoms with Crippen LogP contribution in [0.1, 0.15) is 30.4 Å². The fourth-order valence-corrected chi connectivity index (χ4v) is 3.69. The summed E-state index contributed by atoms with van der Waals surface area (Å²) >= 11 is 5.00. The SMILES string of the molecule is CN1C2CCC1CN(Cc1ccc(C(N)=S)cc1)CC2. The fourth-order valence-electron chi connectivity index (χ4n) is 3.56. The number of fused-ring (bicyclic) bond motifs is 2. The molecule has 3 nitrogen and oxygen atoms in total. The van der Waals surface area contributed by atoms with Gasteiger partial charge in [0.2, 0.25) is 0 Å². The minimum atomic E-state index is 0.477. The molecular weight excluding hydrogens is 266 g/mol. The van der Waals surface area contributed by atoms with Gasteiger partial charge in [-0.3, -0.25) is 9.80 Å². The number of nitrogens with two attached hydrogens (primary N) is 1. The van der Waals surface area contributed by atoms with Crippen LogP contribution in [0.25, 0.3) is 0 Å². The average molecular weight is 289 g/mol. The quantitative estimate of drug-likeness (QED) is 0.863. The van der Waals surface area contributed by atoms with Crippen LogP contribution in [0.5, 0.6) is 0 Å². The van der Waals surface area contributed by atoms with E-state index >= 15 is 0 Å². The maximum Gasteiger partial charge on any atom is 0.103 e. The highest BCUT2D eigenvalue weighted by atomic mass is 32.1. The van der Waals surface area contributed by atoms with Gasteiger partial charge in [0.15, 0.2) is 0 Å². The van der Waals surface area contributed by atoms with Crippen molar-refractivity contribution in [3.8, 4) is 0 Å². The third-order valence-electron chi connectivity index (χ3n) is 4.88. The van der Waals surface area contributed by atoms with E-state index in [1.54, 1.807) is 0 Å². The van der Waals surface area contributed by atoms with Gasteiger partial charge in [-0.2, -0.15) is 0 Å². The Balaban J connectivity index is 1.64. The van der Waals surface area contributed by atoms with Gasteiger partial charge in [-0.1, -0.05) is 36.5 Å². The molecule has 2 N–H and O–H groups in total. The van der Waals surface area contributed by atoms with Gasteiger partial charge in [0.1, 0.15) is 4.99 Å². The van der Waals surface area contributed by atoms with E-state index in [9.17, 15) is 0 Å². The summed E-state index contributed by atoms with van der Waals surface area (Å²) in [6.45, 7) is 3.45. The average Bonchev–Trinajstić information content (AvgIpc) is 2.68. The summed E-state index contributed by atoms with van der Waals surface area (Å²) in [6, 6.07) is 9.94. The van der Waals surface area contributed by atoms with E-state index in [2.05, 4.69) is 29.0 Å². The van der Waals surface area contributed by atoms with Crippen molar-refractivity contribution in [1.82, 2.24) is 9.80 Å². The Bertz CT molecular complexity index is 485. The minimum absolute atomic E-state index is 0.477. The second-order valence-corrected chi connectivity index (χ2v) is 6.58. The van der Waals surface area contributed by atoms with Crippen molar-refractivity contribution in [2.45, 2.75) is 37.9 Å². The maximum absolute atomic E-state index is 5.64. The first kappa shape index (κ1) is 14.0. The van der Waals surface area contributed by atoms with Gasteiger partial charge in [-0.25, -0.2) is 0 Å². The Morgan fingerprint density at radius 3 is 2.60 bits per heavy atom. The van der Waals surface area contributed by atoms with E-state index in [-0.39, 0.29) is 0 Å². The second-order valence-electron chi connectivity index (χ2n) is 6.14. The number of benzene rings is 1. The number of thiocarbonyl (C=S) groups is 1. The maximum atomic E-state index is 5.64. The molecule has 3 rings (SSSR count). The normalized spacial score (nSPS) is 27.4. The number of rotatable bonds is 3. The molecule has 0 aromatic heterocycles. The van der Waals surface area contributed by atoms with E-state index in [1.807, 2.05) is 12.1 Å². The molecule has 2 aliphatic heterocycles. The van der Waals surface area contributed by atoms with E-state index in [4.69, 9.17) is 18.0 Å². The summed E-state index contributed by atoms with van der Waals surface area (Å²) in [5.74, 6) is 0. The summed E-state index contributed by atoms with van der Waals surface area (Å²) in [5, 5.41) is 0. The first-order valence-corrected chi connectivity index (χ1v) is 7.87. The molecule has 2 unspecified atom stereocenters. The van der Waals surface area contributed by atoms with Gasteiger partial charge in [0.25, 0.3) is 0 Å². The summed E-state index contributed by atoms with van der Waals surface area (Å²) in [7, 11) is 2.29. The highest BCUT2D eigenvalue weighted by Crippen LogP contribution is 2.28. The number of hydrogen-bond donors (Lipinski definition) is 1. The fraction of sp³-hybridized carbons (Fsp3) is 0.562. The number of nitrogens with zero attached hydrogens (tertiary/aromatic N) is 2. The molecule has 2 saturated heterocycles. The highest BCUT2D eigenvalue weighted by molar-refractivity contribution is 7.80. The topological polar surface area (TPSA) is 32.5 Å². The molecule has 2 aliphatic rings. The zero-order valence-corrected chi connectivity index (χ0v) is 12.9. The van der Waals surface area contributed by atoms with E-state index in [0.717, 1.165) is 24.2 Å². The molecule has 20 heavy (non-hydrogen) atoms. The summed E-state index contributed by atoms with van der Waals surface area (Å²) in [5.41, 5.74) is 7.95. The van der Waals surface area contributed by atoms with Gasteiger partial charge < -0.3 is 5.73 Å². The zero-order valence-electron chi connectivity index (χ0n) is 12.1. The molecular formula is C16H23N3S. The van der Waals surface area contributed by atoms with Gasteiger partial charge in [0.05, 0.1) is 0 Å². The van der Waals surface area contributed by atoms with Crippen LogP contribution in [-0.4, -0.2) is 47.0 Å². The van der Waals surface area contributed by atoms with Crippen molar-refractivity contribution in [3.63, 3.8) is 0 Å². The molecule has 1 aromatic rings. The number of hydrogen-bond acceptors (Lipinski definition) is 3. The monoisotopic (exact) mass is 289 g/mol. The molecule has 0 aliphatic carbocycles. The smallest absolute Gasteiger partial charge is 0.103 e. The lowest BCUT2D eigenvalue weighted by Crippen LogP contribution is -2.36. The lowest BCUT2D eigenvalue weighted by atomic mass is 10.1. The summed E-state index contributed by atoms with van der Waals surface area (Å²) < 4.78 is 0. The molecule has 0 spiro atoms. The van der Waals surface area contributed by atoms with Gasteiger partial charge in [-0.05, 0) is 31.9 Å². The van der Waals surface area contributed by atoms with Crippen LogP contribution in [0.3, 0.4) is 0 Å². The summed E-state index contributed by atoms with van der Waals surface area (Å²) in [4.78, 5) is 5.66. The van der Waals surface area contributed by atoms with Crippen LogP contribution < -0.4 is 5.73 Å². The van der Waals surface area contributed by atoms with Crippen LogP contribution in [0, 0.1) is 0 Å². The van der Waals surface area contributed by atoms with E-state index in [1.165, 1.54) is 37.9 Å². The van der Waals surface area contributed by atoms with Crippen molar-refractivity contribution in [2.75, 3.05) is 20.1 Å². The molecule has 2 bridgehead atoms. The molecule has 0 amide bonds. The molecule has 1 aromatic carbocycles. The summed E-state index contributed by atoms with van der Waals surface area (Å²) in [6.07, 6.45) is 4.05. The van der Waals surface area contributed by atoms with Crippen LogP contribution in [0.4, 0.5) is 0 Å². The Hall–Kier alpha value is -0.970. The molecule has 2 heterocycles. The number of likely N-dealkylation sites (tertiary alicyclic amines) is 1. The lowest BCUT2D eigenvalue weighted by molar-refractivity contribution is 0.214. The molecule has 4 heteroatoms.